The molecule has 0 amide bonds. The van der Waals surface area contributed by atoms with Gasteiger partial charge >= 0.3 is 5.97 Å². The normalized spacial score (nSPS) is 17.5. The highest BCUT2D eigenvalue weighted by molar-refractivity contribution is 6.68. The molecule has 2 rings (SSSR count). The molecule has 1 aliphatic heterocycles. The number of hydrogen-bond acceptors (Lipinski definition) is 5. The van der Waals surface area contributed by atoms with Crippen molar-refractivity contribution in [2.45, 2.75) is 9.90 Å². The van der Waals surface area contributed by atoms with Gasteiger partial charge in [-0.25, -0.2) is 4.79 Å². The maximum absolute atomic E-state index is 11.9. The van der Waals surface area contributed by atoms with Crippen molar-refractivity contribution < 1.29 is 23.7 Å². The zero-order chi connectivity index (χ0) is 15.1. The Bertz CT molecular complexity index is 553. The van der Waals surface area contributed by atoms with Crippen molar-refractivity contribution in [1.29, 1.82) is 0 Å². The summed E-state index contributed by atoms with van der Waals surface area (Å²) in [5.74, 6) is 0.246. The van der Waals surface area contributed by atoms with Crippen LogP contribution in [-0.2, 0) is 4.74 Å². The second-order valence-corrected chi connectivity index (χ2v) is 6.30. The second kappa shape index (κ2) is 5.39. The van der Waals surface area contributed by atoms with Crippen LogP contribution in [0.3, 0.4) is 0 Å². The lowest BCUT2D eigenvalue weighted by Crippen LogP contribution is -2.17. The number of carbonyl (C=O) groups is 1. The number of benzene rings is 1. The predicted octanol–water partition coefficient (Wildman–Crippen LogP) is 3.29. The van der Waals surface area contributed by atoms with Crippen molar-refractivity contribution in [2.24, 2.45) is 0 Å². The highest BCUT2D eigenvalue weighted by atomic mass is 35.6. The van der Waals surface area contributed by atoms with Crippen LogP contribution in [-0.4, -0.2) is 31.1 Å². The summed E-state index contributed by atoms with van der Waals surface area (Å²) in [5.41, 5.74) is 0.547. The van der Waals surface area contributed by atoms with E-state index in [1.54, 1.807) is 0 Å². The molecule has 5 nitrogen and oxygen atoms in total. The van der Waals surface area contributed by atoms with Gasteiger partial charge in [-0.1, -0.05) is 34.8 Å². The first-order valence-electron chi connectivity index (χ1n) is 5.45. The number of rotatable bonds is 3. The molecule has 0 bridgehead atoms. The molecule has 0 aliphatic carbocycles. The molecule has 1 unspecified atom stereocenters. The van der Waals surface area contributed by atoms with Crippen molar-refractivity contribution in [3.8, 4) is 17.2 Å². The molecular weight excluding hydrogens is 330 g/mol. The lowest BCUT2D eigenvalue weighted by Gasteiger charge is -2.22. The van der Waals surface area contributed by atoms with E-state index < -0.39 is 15.9 Å². The van der Waals surface area contributed by atoms with Crippen LogP contribution >= 0.6 is 34.8 Å². The smallest absolute Gasteiger partial charge is 0.339 e. The third kappa shape index (κ3) is 2.34. The van der Waals surface area contributed by atoms with Gasteiger partial charge < -0.3 is 18.9 Å². The molecule has 1 atom stereocenters. The van der Waals surface area contributed by atoms with Crippen LogP contribution in [0.1, 0.15) is 22.0 Å². The number of fused-ring (bicyclic) bond motifs is 1. The van der Waals surface area contributed by atoms with Crippen LogP contribution in [0.2, 0.25) is 0 Å². The van der Waals surface area contributed by atoms with Gasteiger partial charge in [-0.2, -0.15) is 0 Å². The van der Waals surface area contributed by atoms with Gasteiger partial charge in [0.1, 0.15) is 0 Å². The van der Waals surface area contributed by atoms with Crippen molar-refractivity contribution >= 4 is 40.8 Å². The highest BCUT2D eigenvalue weighted by Gasteiger charge is 2.47. The summed E-state index contributed by atoms with van der Waals surface area (Å²) in [6, 6.07) is 1.47. The number of ether oxygens (including phenoxy) is 4. The molecule has 1 heterocycles. The lowest BCUT2D eigenvalue weighted by atomic mass is 10.0. The molecule has 110 valence electrons. The molecule has 8 heteroatoms. The molecule has 0 N–H and O–H groups in total. The Balaban J connectivity index is 2.75. The third-order valence-corrected chi connectivity index (χ3v) is 3.47. The van der Waals surface area contributed by atoms with Crippen molar-refractivity contribution in [1.82, 2.24) is 0 Å². The van der Waals surface area contributed by atoms with Crippen LogP contribution in [0.4, 0.5) is 0 Å². The minimum absolute atomic E-state index is 0.218. The summed E-state index contributed by atoms with van der Waals surface area (Å²) in [4.78, 5) is 11.9. The fourth-order valence-electron chi connectivity index (χ4n) is 2.07. The zero-order valence-corrected chi connectivity index (χ0v) is 13.1. The first kappa shape index (κ1) is 15.4. The number of esters is 1. The van der Waals surface area contributed by atoms with E-state index in [4.69, 9.17) is 53.8 Å². The van der Waals surface area contributed by atoms with Gasteiger partial charge in [-0.15, -0.1) is 0 Å². The van der Waals surface area contributed by atoms with E-state index in [1.807, 2.05) is 0 Å². The number of cyclic esters (lactones) is 1. The molecule has 1 aliphatic rings. The standard InChI is InChI=1S/C12H11Cl3O5/c1-17-6-4-5-7(9(19-3)8(6)18-2)10(12(13,14)15)20-11(5)16/h4,10H,1-3H3. The Hall–Kier alpha value is -1.04. The Kier molecular flexibility index (Phi) is 4.14. The summed E-state index contributed by atoms with van der Waals surface area (Å²) < 4.78 is 19.0. The Morgan fingerprint density at radius 2 is 1.70 bits per heavy atom. The third-order valence-electron chi connectivity index (χ3n) is 2.87. The molecular formula is C12H11Cl3O5. The Labute approximate surface area is 130 Å². The van der Waals surface area contributed by atoms with Crippen molar-refractivity contribution in [3.63, 3.8) is 0 Å². The summed E-state index contributed by atoms with van der Waals surface area (Å²) in [6.07, 6.45) is -1.08. The maximum atomic E-state index is 11.9. The van der Waals surface area contributed by atoms with E-state index in [1.165, 1.54) is 27.4 Å². The average molecular weight is 342 g/mol. The Morgan fingerprint density at radius 1 is 1.10 bits per heavy atom. The van der Waals surface area contributed by atoms with Crippen LogP contribution in [0.15, 0.2) is 6.07 Å². The monoisotopic (exact) mass is 340 g/mol. The number of methoxy groups -OCH3 is 3. The minimum Gasteiger partial charge on any atom is -0.493 e. The van der Waals surface area contributed by atoms with E-state index in [0.717, 1.165) is 0 Å². The van der Waals surface area contributed by atoms with Gasteiger partial charge in [0.15, 0.2) is 17.6 Å². The molecule has 0 saturated heterocycles. The molecule has 0 aromatic heterocycles. The van der Waals surface area contributed by atoms with Gasteiger partial charge in [0.05, 0.1) is 32.5 Å². The van der Waals surface area contributed by atoms with Crippen LogP contribution in [0.5, 0.6) is 17.2 Å². The highest BCUT2D eigenvalue weighted by Crippen LogP contribution is 2.54. The SMILES string of the molecule is COc1cc2c(c(OC)c1OC)C(C(Cl)(Cl)Cl)OC2=O. The second-order valence-electron chi connectivity index (χ2n) is 3.93. The van der Waals surface area contributed by atoms with Crippen molar-refractivity contribution in [3.05, 3.63) is 17.2 Å². The fraction of sp³-hybridized carbons (Fsp3) is 0.417. The van der Waals surface area contributed by atoms with E-state index >= 15 is 0 Å². The fourth-order valence-corrected chi connectivity index (χ4v) is 2.53. The largest absolute Gasteiger partial charge is 0.493 e. The van der Waals surface area contributed by atoms with E-state index in [2.05, 4.69) is 0 Å². The molecule has 20 heavy (non-hydrogen) atoms. The summed E-state index contributed by atoms with van der Waals surface area (Å²) in [7, 11) is 4.29. The number of hydrogen-bond donors (Lipinski definition) is 0. The van der Waals surface area contributed by atoms with E-state index in [-0.39, 0.29) is 11.3 Å². The molecule has 0 spiro atoms. The minimum atomic E-state index is -1.83. The summed E-state index contributed by atoms with van der Waals surface area (Å²) in [5, 5.41) is 0. The first-order valence-corrected chi connectivity index (χ1v) is 6.59. The molecule has 0 saturated carbocycles. The first-order chi connectivity index (χ1) is 9.35. The number of carbonyl (C=O) groups excluding carboxylic acids is 1. The van der Waals surface area contributed by atoms with Gasteiger partial charge in [0.2, 0.25) is 9.54 Å². The molecule has 1 aromatic carbocycles. The van der Waals surface area contributed by atoms with Crippen LogP contribution in [0, 0.1) is 0 Å². The molecule has 0 radical (unpaired) electrons. The Morgan fingerprint density at radius 3 is 2.15 bits per heavy atom. The van der Waals surface area contributed by atoms with Gasteiger partial charge in [-0.05, 0) is 6.07 Å². The lowest BCUT2D eigenvalue weighted by molar-refractivity contribution is 0.0390. The van der Waals surface area contributed by atoms with Crippen LogP contribution in [0.25, 0.3) is 0 Å². The van der Waals surface area contributed by atoms with Crippen LogP contribution < -0.4 is 14.2 Å². The zero-order valence-electron chi connectivity index (χ0n) is 10.8. The number of halogens is 3. The maximum Gasteiger partial charge on any atom is 0.339 e. The predicted molar refractivity (Wildman–Crippen MR) is 74.5 cm³/mol. The van der Waals surface area contributed by atoms with E-state index in [9.17, 15) is 4.79 Å². The molecule has 0 fully saturated rings. The van der Waals surface area contributed by atoms with Gasteiger partial charge in [0, 0.05) is 0 Å². The quantitative estimate of drug-likeness (QED) is 0.624. The molecule has 1 aromatic rings. The van der Waals surface area contributed by atoms with Gasteiger partial charge in [0.25, 0.3) is 0 Å². The van der Waals surface area contributed by atoms with Crippen molar-refractivity contribution in [2.75, 3.05) is 21.3 Å². The topological polar surface area (TPSA) is 54.0 Å². The summed E-state index contributed by atoms with van der Waals surface area (Å²) in [6.45, 7) is 0. The van der Waals surface area contributed by atoms with E-state index in [0.29, 0.717) is 17.1 Å². The van der Waals surface area contributed by atoms with Gasteiger partial charge in [-0.3, -0.25) is 0 Å². The summed E-state index contributed by atoms with van der Waals surface area (Å²) >= 11 is 17.6. The average Bonchev–Trinajstić information content (AvgIpc) is 2.73. The number of alkyl halides is 3.